The molecule has 0 fully saturated rings. The lowest BCUT2D eigenvalue weighted by molar-refractivity contribution is -0.145. The van der Waals surface area contributed by atoms with Crippen molar-refractivity contribution in [3.63, 3.8) is 0 Å². The number of Topliss-reactive ketones (excluding diaryl/α,β-unsaturated/α-hetero) is 1. The maximum Gasteiger partial charge on any atom is 0.313 e. The van der Waals surface area contributed by atoms with Crippen LogP contribution in [0.4, 0.5) is 0 Å². The van der Waals surface area contributed by atoms with E-state index >= 15 is 0 Å². The summed E-state index contributed by atoms with van der Waals surface area (Å²) in [6, 6.07) is 6.84. The van der Waals surface area contributed by atoms with E-state index in [1.54, 1.807) is 38.3 Å². The van der Waals surface area contributed by atoms with Gasteiger partial charge in [0, 0.05) is 0 Å². The van der Waals surface area contributed by atoms with E-state index in [0.717, 1.165) is 0 Å². The zero-order valence-electron chi connectivity index (χ0n) is 10.5. The molecule has 0 saturated heterocycles. The van der Waals surface area contributed by atoms with Gasteiger partial charge < -0.3 is 14.2 Å². The SMILES string of the molecule is CCOC(=O)CC(=O)COc1ccc(OC)cc1. The van der Waals surface area contributed by atoms with Crippen LogP contribution in [0, 0.1) is 0 Å². The highest BCUT2D eigenvalue weighted by atomic mass is 16.5. The number of carbonyl (C=O) groups excluding carboxylic acids is 2. The fourth-order valence-electron chi connectivity index (χ4n) is 1.26. The maximum absolute atomic E-state index is 11.4. The molecule has 0 aromatic heterocycles. The first-order chi connectivity index (χ1) is 8.65. The summed E-state index contributed by atoms with van der Waals surface area (Å²) in [7, 11) is 1.57. The van der Waals surface area contributed by atoms with Crippen molar-refractivity contribution in [1.29, 1.82) is 0 Å². The highest BCUT2D eigenvalue weighted by Gasteiger charge is 2.10. The van der Waals surface area contributed by atoms with Crippen LogP contribution in [0.1, 0.15) is 13.3 Å². The summed E-state index contributed by atoms with van der Waals surface area (Å²) in [6.45, 7) is 1.81. The zero-order valence-corrected chi connectivity index (χ0v) is 10.5. The van der Waals surface area contributed by atoms with Gasteiger partial charge in [-0.25, -0.2) is 0 Å². The lowest BCUT2D eigenvalue weighted by Gasteiger charge is -2.06. The number of ether oxygens (including phenoxy) is 3. The molecule has 0 saturated carbocycles. The van der Waals surface area contributed by atoms with Crippen molar-refractivity contribution >= 4 is 11.8 Å². The van der Waals surface area contributed by atoms with Gasteiger partial charge in [-0.1, -0.05) is 0 Å². The third-order valence-electron chi connectivity index (χ3n) is 2.11. The number of hydrogen-bond donors (Lipinski definition) is 0. The summed E-state index contributed by atoms with van der Waals surface area (Å²) in [5.74, 6) is 0.415. The Hall–Kier alpha value is -2.04. The molecule has 0 spiro atoms. The predicted octanol–water partition coefficient (Wildman–Crippen LogP) is 1.60. The van der Waals surface area contributed by atoms with E-state index in [2.05, 4.69) is 4.74 Å². The molecular formula is C13H16O5. The van der Waals surface area contributed by atoms with Crippen LogP contribution < -0.4 is 9.47 Å². The minimum absolute atomic E-state index is 0.148. The molecule has 0 unspecified atom stereocenters. The first-order valence-electron chi connectivity index (χ1n) is 5.60. The average Bonchev–Trinajstić information content (AvgIpc) is 2.37. The highest BCUT2D eigenvalue weighted by Crippen LogP contribution is 2.16. The van der Waals surface area contributed by atoms with Crippen LogP contribution in [0.2, 0.25) is 0 Å². The second-order valence-corrected chi connectivity index (χ2v) is 3.48. The Balaban J connectivity index is 2.35. The predicted molar refractivity (Wildman–Crippen MR) is 64.7 cm³/mol. The average molecular weight is 252 g/mol. The lowest BCUT2D eigenvalue weighted by atomic mass is 10.3. The summed E-state index contributed by atoms with van der Waals surface area (Å²) < 4.78 is 14.9. The van der Waals surface area contributed by atoms with E-state index in [-0.39, 0.29) is 25.4 Å². The van der Waals surface area contributed by atoms with E-state index in [1.165, 1.54) is 0 Å². The van der Waals surface area contributed by atoms with Crippen molar-refractivity contribution in [2.75, 3.05) is 20.3 Å². The molecule has 98 valence electrons. The van der Waals surface area contributed by atoms with Gasteiger partial charge in [-0.15, -0.1) is 0 Å². The van der Waals surface area contributed by atoms with Gasteiger partial charge in [0.25, 0.3) is 0 Å². The van der Waals surface area contributed by atoms with Gasteiger partial charge >= 0.3 is 5.97 Å². The quantitative estimate of drug-likeness (QED) is 0.545. The van der Waals surface area contributed by atoms with Crippen molar-refractivity contribution < 1.29 is 23.8 Å². The van der Waals surface area contributed by atoms with Crippen LogP contribution in [0.25, 0.3) is 0 Å². The van der Waals surface area contributed by atoms with Gasteiger partial charge in [-0.05, 0) is 31.2 Å². The minimum atomic E-state index is -0.527. The molecule has 1 aromatic rings. The first-order valence-corrected chi connectivity index (χ1v) is 5.60. The monoisotopic (exact) mass is 252 g/mol. The maximum atomic E-state index is 11.4. The van der Waals surface area contributed by atoms with Crippen LogP contribution in [-0.2, 0) is 14.3 Å². The Morgan fingerprint density at radius 2 is 1.72 bits per heavy atom. The first kappa shape index (κ1) is 14.0. The van der Waals surface area contributed by atoms with Crippen LogP contribution in [-0.4, -0.2) is 32.1 Å². The molecular weight excluding hydrogens is 236 g/mol. The molecule has 0 radical (unpaired) electrons. The van der Waals surface area contributed by atoms with E-state index in [4.69, 9.17) is 9.47 Å². The fourth-order valence-corrected chi connectivity index (χ4v) is 1.26. The second-order valence-electron chi connectivity index (χ2n) is 3.48. The van der Waals surface area contributed by atoms with Crippen LogP contribution in [0.15, 0.2) is 24.3 Å². The van der Waals surface area contributed by atoms with E-state index in [0.29, 0.717) is 11.5 Å². The van der Waals surface area contributed by atoms with E-state index < -0.39 is 5.97 Å². The zero-order chi connectivity index (χ0) is 13.4. The van der Waals surface area contributed by atoms with Gasteiger partial charge in [-0.3, -0.25) is 9.59 Å². The molecule has 5 heteroatoms. The Morgan fingerprint density at radius 1 is 1.11 bits per heavy atom. The smallest absolute Gasteiger partial charge is 0.313 e. The lowest BCUT2D eigenvalue weighted by Crippen LogP contribution is -2.17. The molecule has 0 aliphatic carbocycles. The van der Waals surface area contributed by atoms with Crippen LogP contribution >= 0.6 is 0 Å². The van der Waals surface area contributed by atoms with Crippen molar-refractivity contribution in [1.82, 2.24) is 0 Å². The Morgan fingerprint density at radius 3 is 2.28 bits per heavy atom. The van der Waals surface area contributed by atoms with Gasteiger partial charge in [0.1, 0.15) is 24.5 Å². The molecule has 0 bridgehead atoms. The van der Waals surface area contributed by atoms with Crippen molar-refractivity contribution in [2.45, 2.75) is 13.3 Å². The number of rotatable bonds is 7. The van der Waals surface area contributed by atoms with Crippen molar-refractivity contribution in [3.8, 4) is 11.5 Å². The van der Waals surface area contributed by atoms with Gasteiger partial charge in [-0.2, -0.15) is 0 Å². The molecule has 0 aliphatic rings. The van der Waals surface area contributed by atoms with Gasteiger partial charge in [0.15, 0.2) is 5.78 Å². The largest absolute Gasteiger partial charge is 0.497 e. The van der Waals surface area contributed by atoms with Crippen molar-refractivity contribution in [2.24, 2.45) is 0 Å². The number of esters is 1. The van der Waals surface area contributed by atoms with Crippen LogP contribution in [0.5, 0.6) is 11.5 Å². The highest BCUT2D eigenvalue weighted by molar-refractivity contribution is 5.96. The third kappa shape index (κ3) is 4.86. The Labute approximate surface area is 106 Å². The number of hydrogen-bond acceptors (Lipinski definition) is 5. The Bertz CT molecular complexity index is 396. The molecule has 0 heterocycles. The summed E-state index contributed by atoms with van der Waals surface area (Å²) >= 11 is 0. The summed E-state index contributed by atoms with van der Waals surface area (Å²) in [5.41, 5.74) is 0. The summed E-state index contributed by atoms with van der Waals surface area (Å²) in [4.78, 5) is 22.4. The standard InChI is InChI=1S/C13H16O5/c1-3-17-13(15)8-10(14)9-18-12-6-4-11(16-2)5-7-12/h4-7H,3,8-9H2,1-2H3. The van der Waals surface area contributed by atoms with Crippen LogP contribution in [0.3, 0.4) is 0 Å². The fraction of sp³-hybridized carbons (Fsp3) is 0.385. The molecule has 0 N–H and O–H groups in total. The molecule has 18 heavy (non-hydrogen) atoms. The molecule has 1 aromatic carbocycles. The third-order valence-corrected chi connectivity index (χ3v) is 2.11. The van der Waals surface area contributed by atoms with Gasteiger partial charge in [0.05, 0.1) is 13.7 Å². The summed E-state index contributed by atoms with van der Waals surface area (Å²) in [6.07, 6.45) is -0.260. The van der Waals surface area contributed by atoms with E-state index in [1.807, 2.05) is 0 Å². The number of benzene rings is 1. The number of methoxy groups -OCH3 is 1. The molecule has 5 nitrogen and oxygen atoms in total. The Kier molecular flexibility index (Phi) is 5.70. The molecule has 0 atom stereocenters. The number of carbonyl (C=O) groups is 2. The normalized spacial score (nSPS) is 9.67. The van der Waals surface area contributed by atoms with Crippen molar-refractivity contribution in [3.05, 3.63) is 24.3 Å². The summed E-state index contributed by atoms with van der Waals surface area (Å²) in [5, 5.41) is 0. The topological polar surface area (TPSA) is 61.8 Å². The second kappa shape index (κ2) is 7.32. The van der Waals surface area contributed by atoms with Gasteiger partial charge in [0.2, 0.25) is 0 Å². The van der Waals surface area contributed by atoms with E-state index in [9.17, 15) is 9.59 Å². The number of ketones is 1. The minimum Gasteiger partial charge on any atom is -0.497 e. The molecule has 0 amide bonds. The molecule has 0 aliphatic heterocycles. The molecule has 1 rings (SSSR count).